The average Bonchev–Trinajstić information content (AvgIpc) is 2.81. The van der Waals surface area contributed by atoms with Crippen LogP contribution < -0.4 is 10.6 Å². The number of methoxy groups -OCH3 is 1. The first-order valence-corrected chi connectivity index (χ1v) is 11.2. The maximum Gasteiger partial charge on any atom is 0.338 e. The number of likely N-dealkylation sites (tertiary alicyclic amines) is 1. The van der Waals surface area contributed by atoms with Gasteiger partial charge in [0.25, 0.3) is 0 Å². The standard InChI is InChI=1S/C26H31N3O3/c1-18-8-10-21(11-9-18)24-23(25(30)32-2)22(27-26(31)28-24)17-29-14-12-20(13-15-29)16-19-6-4-3-5-7-19/h3-11,20,24H,12-17H2,1-2H3,(H2,27,28,31)/t24-/m1/s1. The van der Waals surface area contributed by atoms with Gasteiger partial charge < -0.3 is 15.4 Å². The highest BCUT2D eigenvalue weighted by atomic mass is 16.5. The van der Waals surface area contributed by atoms with Crippen LogP contribution in [0.3, 0.4) is 0 Å². The number of benzene rings is 2. The van der Waals surface area contributed by atoms with E-state index in [1.54, 1.807) is 0 Å². The minimum atomic E-state index is -0.526. The van der Waals surface area contributed by atoms with Crippen molar-refractivity contribution in [1.29, 1.82) is 0 Å². The number of hydrogen-bond donors (Lipinski definition) is 2. The van der Waals surface area contributed by atoms with Gasteiger partial charge in [0.05, 0.1) is 18.7 Å². The zero-order chi connectivity index (χ0) is 22.5. The zero-order valence-electron chi connectivity index (χ0n) is 18.8. The van der Waals surface area contributed by atoms with Gasteiger partial charge in [-0.25, -0.2) is 9.59 Å². The zero-order valence-corrected chi connectivity index (χ0v) is 18.8. The number of carbonyl (C=O) groups excluding carboxylic acids is 2. The number of carbonyl (C=O) groups is 2. The first-order valence-electron chi connectivity index (χ1n) is 11.2. The number of ether oxygens (including phenoxy) is 1. The number of hydrogen-bond acceptors (Lipinski definition) is 4. The van der Waals surface area contributed by atoms with Gasteiger partial charge in [0.15, 0.2) is 0 Å². The lowest BCUT2D eigenvalue weighted by Gasteiger charge is -2.35. The summed E-state index contributed by atoms with van der Waals surface area (Å²) >= 11 is 0. The van der Waals surface area contributed by atoms with E-state index in [0.717, 1.165) is 43.5 Å². The molecule has 6 nitrogen and oxygen atoms in total. The molecule has 0 radical (unpaired) electrons. The third-order valence-corrected chi connectivity index (χ3v) is 6.43. The minimum Gasteiger partial charge on any atom is -0.466 e. The first kappa shape index (κ1) is 22.1. The molecule has 2 N–H and O–H groups in total. The SMILES string of the molecule is COC(=O)C1=C(CN2CCC(Cc3ccccc3)CC2)NC(=O)N[C@@H]1c1ccc(C)cc1. The largest absolute Gasteiger partial charge is 0.466 e. The molecule has 32 heavy (non-hydrogen) atoms. The van der Waals surface area contributed by atoms with E-state index in [1.165, 1.54) is 12.7 Å². The maximum atomic E-state index is 12.7. The molecule has 2 aliphatic heterocycles. The predicted octanol–water partition coefficient (Wildman–Crippen LogP) is 3.73. The Bertz CT molecular complexity index is 977. The highest BCUT2D eigenvalue weighted by Crippen LogP contribution is 2.29. The highest BCUT2D eigenvalue weighted by molar-refractivity contribution is 5.95. The number of amides is 2. The number of piperidine rings is 1. The van der Waals surface area contributed by atoms with Gasteiger partial charge >= 0.3 is 12.0 Å². The molecular formula is C26H31N3O3. The molecule has 4 rings (SSSR count). The van der Waals surface area contributed by atoms with Crippen LogP contribution in [-0.4, -0.2) is 43.6 Å². The van der Waals surface area contributed by atoms with E-state index >= 15 is 0 Å². The van der Waals surface area contributed by atoms with Crippen molar-refractivity contribution >= 4 is 12.0 Å². The van der Waals surface area contributed by atoms with E-state index < -0.39 is 12.0 Å². The molecule has 0 aliphatic carbocycles. The van der Waals surface area contributed by atoms with Crippen LogP contribution in [0.4, 0.5) is 4.79 Å². The summed E-state index contributed by atoms with van der Waals surface area (Å²) in [6.07, 6.45) is 3.30. The lowest BCUT2D eigenvalue weighted by atomic mass is 9.89. The van der Waals surface area contributed by atoms with Crippen molar-refractivity contribution in [2.75, 3.05) is 26.7 Å². The second-order valence-corrected chi connectivity index (χ2v) is 8.74. The third-order valence-electron chi connectivity index (χ3n) is 6.43. The first-order chi connectivity index (χ1) is 15.5. The van der Waals surface area contributed by atoms with E-state index in [-0.39, 0.29) is 6.03 Å². The van der Waals surface area contributed by atoms with Crippen LogP contribution >= 0.6 is 0 Å². The van der Waals surface area contributed by atoms with Crippen LogP contribution in [0.15, 0.2) is 65.9 Å². The molecular weight excluding hydrogens is 402 g/mol. The summed E-state index contributed by atoms with van der Waals surface area (Å²) in [6, 6.07) is 17.7. The maximum absolute atomic E-state index is 12.7. The molecule has 2 aliphatic rings. The van der Waals surface area contributed by atoms with E-state index in [4.69, 9.17) is 4.74 Å². The van der Waals surface area contributed by atoms with E-state index in [0.29, 0.717) is 23.7 Å². The lowest BCUT2D eigenvalue weighted by molar-refractivity contribution is -0.136. The van der Waals surface area contributed by atoms with Crippen LogP contribution in [0.5, 0.6) is 0 Å². The van der Waals surface area contributed by atoms with Gasteiger partial charge in [-0.2, -0.15) is 0 Å². The molecule has 0 unspecified atom stereocenters. The van der Waals surface area contributed by atoms with Crippen LogP contribution in [0.1, 0.15) is 35.6 Å². The number of rotatable bonds is 6. The second-order valence-electron chi connectivity index (χ2n) is 8.74. The molecule has 2 amide bonds. The number of aryl methyl sites for hydroxylation is 1. The van der Waals surface area contributed by atoms with Crippen molar-refractivity contribution in [2.45, 2.75) is 32.2 Å². The Morgan fingerprint density at radius 1 is 1.06 bits per heavy atom. The van der Waals surface area contributed by atoms with Crippen LogP contribution in [-0.2, 0) is 16.0 Å². The molecule has 1 fully saturated rings. The number of esters is 1. The highest BCUT2D eigenvalue weighted by Gasteiger charge is 2.34. The third kappa shape index (κ3) is 5.19. The van der Waals surface area contributed by atoms with Crippen molar-refractivity contribution in [1.82, 2.24) is 15.5 Å². The molecule has 1 saturated heterocycles. The molecule has 2 aromatic rings. The number of nitrogens with one attached hydrogen (secondary N) is 2. The number of nitrogens with zero attached hydrogens (tertiary/aromatic N) is 1. The quantitative estimate of drug-likeness (QED) is 0.681. The summed E-state index contributed by atoms with van der Waals surface area (Å²) in [6.45, 7) is 4.41. The molecule has 2 heterocycles. The van der Waals surface area contributed by atoms with Gasteiger partial charge in [-0.3, -0.25) is 4.90 Å². The Kier molecular flexibility index (Phi) is 6.90. The topological polar surface area (TPSA) is 70.7 Å². The normalized spacial score (nSPS) is 19.9. The van der Waals surface area contributed by atoms with Crippen molar-refractivity contribution in [3.63, 3.8) is 0 Å². The fourth-order valence-corrected chi connectivity index (χ4v) is 4.62. The van der Waals surface area contributed by atoms with Crippen molar-refractivity contribution in [2.24, 2.45) is 5.92 Å². The molecule has 2 aromatic carbocycles. The van der Waals surface area contributed by atoms with Crippen LogP contribution in [0.2, 0.25) is 0 Å². The molecule has 6 heteroatoms. The van der Waals surface area contributed by atoms with Gasteiger partial charge in [-0.05, 0) is 56.3 Å². The summed E-state index contributed by atoms with van der Waals surface area (Å²) in [4.78, 5) is 27.5. The van der Waals surface area contributed by atoms with E-state index in [9.17, 15) is 9.59 Å². The van der Waals surface area contributed by atoms with Gasteiger partial charge in [-0.15, -0.1) is 0 Å². The molecule has 0 saturated carbocycles. The molecule has 0 bridgehead atoms. The average molecular weight is 434 g/mol. The summed E-state index contributed by atoms with van der Waals surface area (Å²) < 4.78 is 5.10. The van der Waals surface area contributed by atoms with Crippen molar-refractivity contribution in [3.8, 4) is 0 Å². The molecule has 0 spiro atoms. The van der Waals surface area contributed by atoms with Gasteiger partial charge in [0.2, 0.25) is 0 Å². The van der Waals surface area contributed by atoms with Crippen molar-refractivity contribution in [3.05, 3.63) is 82.6 Å². The van der Waals surface area contributed by atoms with Gasteiger partial charge in [0, 0.05) is 12.2 Å². The van der Waals surface area contributed by atoms with Crippen LogP contribution in [0, 0.1) is 12.8 Å². The van der Waals surface area contributed by atoms with Gasteiger partial charge in [0.1, 0.15) is 0 Å². The number of urea groups is 1. The van der Waals surface area contributed by atoms with Crippen molar-refractivity contribution < 1.29 is 14.3 Å². The molecule has 1 atom stereocenters. The second kappa shape index (κ2) is 10.0. The summed E-state index contributed by atoms with van der Waals surface area (Å²) in [5.41, 5.74) is 4.48. The Hall–Kier alpha value is -3.12. The summed E-state index contributed by atoms with van der Waals surface area (Å²) in [7, 11) is 1.38. The Morgan fingerprint density at radius 3 is 2.41 bits per heavy atom. The van der Waals surface area contributed by atoms with E-state index in [1.807, 2.05) is 31.2 Å². The molecule has 0 aromatic heterocycles. The fraction of sp³-hybridized carbons (Fsp3) is 0.385. The van der Waals surface area contributed by atoms with E-state index in [2.05, 4.69) is 45.9 Å². The van der Waals surface area contributed by atoms with Gasteiger partial charge in [-0.1, -0.05) is 60.2 Å². The fourth-order valence-electron chi connectivity index (χ4n) is 4.62. The minimum absolute atomic E-state index is 0.294. The molecule has 168 valence electrons. The summed E-state index contributed by atoms with van der Waals surface area (Å²) in [5, 5.41) is 5.77. The Labute approximate surface area is 189 Å². The lowest BCUT2D eigenvalue weighted by Crippen LogP contribution is -2.49. The summed E-state index contributed by atoms with van der Waals surface area (Å²) in [5.74, 6) is 0.239. The van der Waals surface area contributed by atoms with Crippen LogP contribution in [0.25, 0.3) is 0 Å². The Balaban J connectivity index is 1.49. The smallest absolute Gasteiger partial charge is 0.338 e. The monoisotopic (exact) mass is 433 g/mol. The predicted molar refractivity (Wildman–Crippen MR) is 124 cm³/mol. The Morgan fingerprint density at radius 2 is 1.75 bits per heavy atom.